The lowest BCUT2D eigenvalue weighted by molar-refractivity contribution is -0.182. The molecule has 9 heteroatoms. The number of benzene rings is 1. The maximum atomic E-state index is 14.8. The minimum absolute atomic E-state index is 0.00280. The highest BCUT2D eigenvalue weighted by Crippen LogP contribution is 2.52. The number of amides is 2. The van der Waals surface area contributed by atoms with E-state index in [0.29, 0.717) is 12.8 Å². The van der Waals surface area contributed by atoms with Gasteiger partial charge in [0.2, 0.25) is 0 Å². The molecule has 1 aliphatic carbocycles. The van der Waals surface area contributed by atoms with Crippen molar-refractivity contribution in [2.75, 3.05) is 18.7 Å². The zero-order valence-corrected chi connectivity index (χ0v) is 15.7. The molecule has 1 atom stereocenters. The molecule has 0 N–H and O–H groups in total. The fraction of sp³-hybridized carbons (Fsp3) is 0.368. The maximum absolute atomic E-state index is 14.8. The number of halogens is 4. The second kappa shape index (κ2) is 6.63. The number of aromatic nitrogens is 1. The molecule has 1 aromatic carbocycles. The van der Waals surface area contributed by atoms with E-state index in [-0.39, 0.29) is 28.0 Å². The molecule has 5 nitrogen and oxygen atoms in total. The summed E-state index contributed by atoms with van der Waals surface area (Å²) in [6.07, 6.45) is -2.12. The molecule has 0 bridgehead atoms. The molecular formula is C19H17ClF3N3O2. The summed E-state index contributed by atoms with van der Waals surface area (Å²) in [5.41, 5.74) is -2.89. The van der Waals surface area contributed by atoms with E-state index in [1.165, 1.54) is 48.5 Å². The molecule has 1 aromatic heterocycles. The Morgan fingerprint density at radius 2 is 2.00 bits per heavy atom. The molecule has 2 aliphatic rings. The Hall–Kier alpha value is -2.32. The second-order valence-corrected chi connectivity index (χ2v) is 7.33. The number of nitrogens with zero attached hydrogens (tertiary/aromatic N) is 3. The Morgan fingerprint density at radius 3 is 2.57 bits per heavy atom. The van der Waals surface area contributed by atoms with Crippen LogP contribution >= 0.6 is 11.6 Å². The van der Waals surface area contributed by atoms with Crippen molar-refractivity contribution in [3.8, 4) is 0 Å². The summed E-state index contributed by atoms with van der Waals surface area (Å²) in [5.74, 6) is 0. The summed E-state index contributed by atoms with van der Waals surface area (Å²) in [7, 11) is 1.25. The molecule has 1 fully saturated rings. The van der Waals surface area contributed by atoms with E-state index in [2.05, 4.69) is 4.98 Å². The van der Waals surface area contributed by atoms with Gasteiger partial charge in [0.15, 0.2) is 5.41 Å². The standard InChI is InChI=1S/C19H17ClF3N3O2/c1-28-26-15-8-5-12(20)10-14(15)18(19(21,22)23,16-4-2-3-9-24-16)11-25(17(26)27)13-6-7-13/h2-5,8-10,13H,6-7,11H2,1H3/t18-/m0/s1. The van der Waals surface area contributed by atoms with Crippen LogP contribution in [0.3, 0.4) is 0 Å². The molecule has 0 radical (unpaired) electrons. The van der Waals surface area contributed by atoms with Gasteiger partial charge in [0, 0.05) is 29.4 Å². The predicted molar refractivity (Wildman–Crippen MR) is 97.1 cm³/mol. The molecule has 1 saturated carbocycles. The van der Waals surface area contributed by atoms with E-state index in [9.17, 15) is 18.0 Å². The van der Waals surface area contributed by atoms with Gasteiger partial charge in [0.25, 0.3) is 0 Å². The van der Waals surface area contributed by atoms with Crippen LogP contribution in [0.4, 0.5) is 23.7 Å². The zero-order chi connectivity index (χ0) is 20.1. The number of hydrogen-bond donors (Lipinski definition) is 0. The highest BCUT2D eigenvalue weighted by molar-refractivity contribution is 6.30. The lowest BCUT2D eigenvalue weighted by Crippen LogP contribution is -2.53. The Labute approximate surface area is 164 Å². The fourth-order valence-corrected chi connectivity index (χ4v) is 3.90. The molecule has 0 spiro atoms. The van der Waals surface area contributed by atoms with E-state index in [1.807, 2.05) is 0 Å². The van der Waals surface area contributed by atoms with Crippen LogP contribution in [0.1, 0.15) is 24.1 Å². The van der Waals surface area contributed by atoms with Gasteiger partial charge in [-0.05, 0) is 43.2 Å². The third-order valence-electron chi connectivity index (χ3n) is 5.22. The van der Waals surface area contributed by atoms with E-state index >= 15 is 0 Å². The first-order valence-electron chi connectivity index (χ1n) is 8.72. The van der Waals surface area contributed by atoms with Crippen molar-refractivity contribution in [2.45, 2.75) is 30.5 Å². The van der Waals surface area contributed by atoms with Gasteiger partial charge < -0.3 is 4.90 Å². The number of carbonyl (C=O) groups is 1. The summed E-state index contributed by atoms with van der Waals surface area (Å²) in [5, 5.41) is 1.03. The Morgan fingerprint density at radius 1 is 1.25 bits per heavy atom. The quantitative estimate of drug-likeness (QED) is 0.744. The van der Waals surface area contributed by atoms with Crippen molar-refractivity contribution >= 4 is 23.3 Å². The van der Waals surface area contributed by atoms with Crippen LogP contribution in [0.2, 0.25) is 5.02 Å². The summed E-state index contributed by atoms with van der Waals surface area (Å²) in [6, 6.07) is 7.54. The van der Waals surface area contributed by atoms with Crippen molar-refractivity contribution in [2.24, 2.45) is 0 Å². The summed E-state index contributed by atoms with van der Waals surface area (Å²) in [4.78, 5) is 23.5. The summed E-state index contributed by atoms with van der Waals surface area (Å²) >= 11 is 6.09. The first-order valence-corrected chi connectivity index (χ1v) is 9.10. The van der Waals surface area contributed by atoms with Crippen LogP contribution in [0.25, 0.3) is 0 Å². The molecule has 28 heavy (non-hydrogen) atoms. The molecule has 0 unspecified atom stereocenters. The highest BCUT2D eigenvalue weighted by atomic mass is 35.5. The summed E-state index contributed by atoms with van der Waals surface area (Å²) in [6.45, 7) is -0.593. The van der Waals surface area contributed by atoms with Gasteiger partial charge in [-0.15, -0.1) is 0 Å². The number of carbonyl (C=O) groups excluding carboxylic acids is 1. The topological polar surface area (TPSA) is 45.7 Å². The molecule has 2 heterocycles. The van der Waals surface area contributed by atoms with Crippen LogP contribution in [0.5, 0.6) is 0 Å². The van der Waals surface area contributed by atoms with Crippen LogP contribution in [0, 0.1) is 0 Å². The minimum Gasteiger partial charge on any atom is -0.318 e. The molecule has 2 amide bonds. The first-order chi connectivity index (χ1) is 13.3. The second-order valence-electron chi connectivity index (χ2n) is 6.90. The smallest absolute Gasteiger partial charge is 0.318 e. The highest BCUT2D eigenvalue weighted by Gasteiger charge is 2.63. The van der Waals surface area contributed by atoms with E-state index in [0.717, 1.165) is 5.06 Å². The third-order valence-corrected chi connectivity index (χ3v) is 5.46. The number of hydroxylamine groups is 1. The number of anilines is 1. The van der Waals surface area contributed by atoms with Gasteiger partial charge in [-0.1, -0.05) is 17.7 Å². The zero-order valence-electron chi connectivity index (χ0n) is 14.9. The Balaban J connectivity index is 2.07. The van der Waals surface area contributed by atoms with Gasteiger partial charge in [0.1, 0.15) is 0 Å². The van der Waals surface area contributed by atoms with Gasteiger partial charge in [-0.3, -0.25) is 9.82 Å². The average Bonchev–Trinajstić information content (AvgIpc) is 3.49. The third kappa shape index (κ3) is 2.82. The number of fused-ring (bicyclic) bond motifs is 1. The lowest BCUT2D eigenvalue weighted by Gasteiger charge is -2.38. The summed E-state index contributed by atoms with van der Waals surface area (Å²) < 4.78 is 44.4. The van der Waals surface area contributed by atoms with Crippen molar-refractivity contribution < 1.29 is 22.8 Å². The number of pyridine rings is 1. The van der Waals surface area contributed by atoms with Crippen LogP contribution in [-0.2, 0) is 10.3 Å². The van der Waals surface area contributed by atoms with Crippen molar-refractivity contribution in [1.82, 2.24) is 9.88 Å². The average molecular weight is 412 g/mol. The van der Waals surface area contributed by atoms with Crippen LogP contribution in [-0.4, -0.2) is 41.8 Å². The molecule has 1 aliphatic heterocycles. The van der Waals surface area contributed by atoms with Crippen LogP contribution < -0.4 is 5.06 Å². The van der Waals surface area contributed by atoms with E-state index in [4.69, 9.17) is 16.4 Å². The van der Waals surface area contributed by atoms with Gasteiger partial charge in [0.05, 0.1) is 18.5 Å². The number of alkyl halides is 3. The van der Waals surface area contributed by atoms with Crippen molar-refractivity contribution in [3.63, 3.8) is 0 Å². The number of rotatable bonds is 3. The number of urea groups is 1. The Bertz CT molecular complexity index is 905. The van der Waals surface area contributed by atoms with Crippen LogP contribution in [0.15, 0.2) is 42.6 Å². The monoisotopic (exact) mass is 411 g/mol. The molecule has 4 rings (SSSR count). The molecule has 148 valence electrons. The molecule has 0 saturated heterocycles. The minimum atomic E-state index is -4.74. The molecular weight excluding hydrogens is 395 g/mol. The number of hydrogen-bond acceptors (Lipinski definition) is 3. The van der Waals surface area contributed by atoms with Gasteiger partial charge >= 0.3 is 12.2 Å². The van der Waals surface area contributed by atoms with E-state index in [1.54, 1.807) is 6.07 Å². The molecule has 2 aromatic rings. The first kappa shape index (κ1) is 19.0. The SMILES string of the molecule is CON1C(=O)N(C2CC2)C[C@](c2ccccn2)(C(F)(F)F)c2cc(Cl)ccc21. The van der Waals surface area contributed by atoms with E-state index < -0.39 is 24.2 Å². The van der Waals surface area contributed by atoms with Crippen molar-refractivity contribution in [1.29, 1.82) is 0 Å². The van der Waals surface area contributed by atoms with Gasteiger partial charge in [-0.2, -0.15) is 18.2 Å². The largest absolute Gasteiger partial charge is 0.405 e. The maximum Gasteiger partial charge on any atom is 0.405 e. The fourth-order valence-electron chi connectivity index (χ4n) is 3.72. The van der Waals surface area contributed by atoms with Gasteiger partial charge in [-0.25, -0.2) is 4.79 Å². The predicted octanol–water partition coefficient (Wildman–Crippen LogP) is 4.55. The van der Waals surface area contributed by atoms with Crippen molar-refractivity contribution in [3.05, 3.63) is 58.9 Å². The Kier molecular flexibility index (Phi) is 4.50. The lowest BCUT2D eigenvalue weighted by atomic mass is 9.75. The normalized spacial score (nSPS) is 22.8.